The summed E-state index contributed by atoms with van der Waals surface area (Å²) in [6.45, 7) is 0.952. The predicted octanol–water partition coefficient (Wildman–Crippen LogP) is 4.85. The van der Waals surface area contributed by atoms with E-state index in [4.69, 9.17) is 4.74 Å². The second kappa shape index (κ2) is 10.2. The van der Waals surface area contributed by atoms with Gasteiger partial charge in [-0.05, 0) is 36.4 Å². The molecule has 4 aromatic rings. The summed E-state index contributed by atoms with van der Waals surface area (Å²) < 4.78 is 113. The summed E-state index contributed by atoms with van der Waals surface area (Å²) in [5.74, 6) is 5.43. The standard InChI is InChI=1S/C26H18F6N4O3S/c27-25(28,29)20-8-6-18(7-9-20)22-15-23(26(30,31)32)36-24(34-22)19(16-33-36)5-4-17-2-1-3-21(14-17)40(37,38)35-10-12-39-13-11-35/h1-3,6-9,14-16H,10-13H2. The Labute approximate surface area is 224 Å². The third-order valence-electron chi connectivity index (χ3n) is 6.05. The van der Waals surface area contributed by atoms with Crippen LogP contribution >= 0.6 is 0 Å². The van der Waals surface area contributed by atoms with Gasteiger partial charge >= 0.3 is 12.4 Å². The summed E-state index contributed by atoms with van der Waals surface area (Å²) in [5, 5.41) is 3.77. The summed E-state index contributed by atoms with van der Waals surface area (Å²) in [4.78, 5) is 4.21. The lowest BCUT2D eigenvalue weighted by molar-refractivity contribution is -0.142. The number of sulfonamides is 1. The molecule has 0 bridgehead atoms. The number of hydrogen-bond donors (Lipinski definition) is 0. The van der Waals surface area contributed by atoms with Gasteiger partial charge in [0.2, 0.25) is 10.0 Å². The molecule has 2 aromatic carbocycles. The van der Waals surface area contributed by atoms with Gasteiger partial charge in [-0.2, -0.15) is 35.7 Å². The summed E-state index contributed by atoms with van der Waals surface area (Å²) in [5.41, 5.74) is -2.34. The number of morpholine rings is 1. The molecule has 208 valence electrons. The number of aromatic nitrogens is 3. The monoisotopic (exact) mass is 580 g/mol. The molecule has 1 aliphatic heterocycles. The highest BCUT2D eigenvalue weighted by molar-refractivity contribution is 7.89. The Bertz CT molecular complexity index is 1730. The normalized spacial score (nSPS) is 15.2. The van der Waals surface area contributed by atoms with Crippen molar-refractivity contribution in [3.63, 3.8) is 0 Å². The highest BCUT2D eigenvalue weighted by Crippen LogP contribution is 2.34. The smallest absolute Gasteiger partial charge is 0.379 e. The van der Waals surface area contributed by atoms with Gasteiger partial charge in [-0.1, -0.05) is 30.0 Å². The fourth-order valence-electron chi connectivity index (χ4n) is 4.04. The average molecular weight is 581 g/mol. The fraction of sp³-hybridized carbons (Fsp3) is 0.231. The summed E-state index contributed by atoms with van der Waals surface area (Å²) in [7, 11) is -3.80. The van der Waals surface area contributed by atoms with E-state index in [2.05, 4.69) is 21.9 Å². The van der Waals surface area contributed by atoms with Gasteiger partial charge in [0.15, 0.2) is 11.3 Å². The molecule has 0 N–H and O–H groups in total. The maximum absolute atomic E-state index is 13.9. The molecule has 0 unspecified atom stereocenters. The minimum Gasteiger partial charge on any atom is -0.379 e. The Balaban J connectivity index is 1.54. The fourth-order valence-corrected chi connectivity index (χ4v) is 5.50. The van der Waals surface area contributed by atoms with Crippen LogP contribution in [0.5, 0.6) is 0 Å². The van der Waals surface area contributed by atoms with Gasteiger partial charge in [0, 0.05) is 24.2 Å². The Hall–Kier alpha value is -3.93. The highest BCUT2D eigenvalue weighted by Gasteiger charge is 2.36. The highest BCUT2D eigenvalue weighted by atomic mass is 32.2. The largest absolute Gasteiger partial charge is 0.433 e. The van der Waals surface area contributed by atoms with E-state index >= 15 is 0 Å². The van der Waals surface area contributed by atoms with Gasteiger partial charge in [-0.15, -0.1) is 0 Å². The molecule has 2 aromatic heterocycles. The van der Waals surface area contributed by atoms with Gasteiger partial charge in [-0.25, -0.2) is 17.9 Å². The molecule has 1 aliphatic rings. The zero-order valence-corrected chi connectivity index (χ0v) is 21.1. The molecule has 3 heterocycles. The molecule has 1 saturated heterocycles. The molecular formula is C26H18F6N4O3S. The Morgan fingerprint density at radius 1 is 0.875 bits per heavy atom. The van der Waals surface area contributed by atoms with E-state index in [9.17, 15) is 34.8 Å². The van der Waals surface area contributed by atoms with Crippen molar-refractivity contribution in [2.45, 2.75) is 17.2 Å². The van der Waals surface area contributed by atoms with Crippen molar-refractivity contribution < 1.29 is 39.5 Å². The van der Waals surface area contributed by atoms with Crippen LogP contribution in [0.25, 0.3) is 16.9 Å². The third kappa shape index (κ3) is 5.53. The van der Waals surface area contributed by atoms with Crippen LogP contribution in [0.4, 0.5) is 26.3 Å². The number of alkyl halides is 6. The second-order valence-electron chi connectivity index (χ2n) is 8.69. The van der Waals surface area contributed by atoms with Crippen molar-refractivity contribution in [3.05, 3.63) is 83.2 Å². The summed E-state index contributed by atoms with van der Waals surface area (Å²) in [6, 6.07) is 10.1. The van der Waals surface area contributed by atoms with E-state index < -0.39 is 33.6 Å². The van der Waals surface area contributed by atoms with Crippen LogP contribution < -0.4 is 0 Å². The Kier molecular flexibility index (Phi) is 7.07. The van der Waals surface area contributed by atoms with Crippen LogP contribution in [0.2, 0.25) is 0 Å². The lowest BCUT2D eigenvalue weighted by atomic mass is 10.1. The van der Waals surface area contributed by atoms with Crippen molar-refractivity contribution in [2.24, 2.45) is 0 Å². The first-order valence-electron chi connectivity index (χ1n) is 11.7. The van der Waals surface area contributed by atoms with Gasteiger partial charge in [0.1, 0.15) is 0 Å². The second-order valence-corrected chi connectivity index (χ2v) is 10.6. The van der Waals surface area contributed by atoms with Gasteiger partial charge < -0.3 is 4.74 Å². The van der Waals surface area contributed by atoms with Crippen LogP contribution in [-0.4, -0.2) is 53.6 Å². The number of nitrogens with zero attached hydrogens (tertiary/aromatic N) is 4. The van der Waals surface area contributed by atoms with E-state index in [1.165, 1.54) is 22.5 Å². The van der Waals surface area contributed by atoms with Crippen molar-refractivity contribution in [2.75, 3.05) is 26.3 Å². The molecule has 0 saturated carbocycles. The minimum atomic E-state index is -4.86. The molecule has 0 radical (unpaired) electrons. The molecule has 7 nitrogen and oxygen atoms in total. The average Bonchev–Trinajstić information content (AvgIpc) is 3.34. The van der Waals surface area contributed by atoms with E-state index in [1.54, 1.807) is 6.07 Å². The first-order valence-corrected chi connectivity index (χ1v) is 13.1. The predicted molar refractivity (Wildman–Crippen MR) is 130 cm³/mol. The van der Waals surface area contributed by atoms with E-state index in [0.29, 0.717) is 10.6 Å². The number of hydrogen-bond acceptors (Lipinski definition) is 5. The zero-order valence-electron chi connectivity index (χ0n) is 20.3. The lowest BCUT2D eigenvalue weighted by Gasteiger charge is -2.26. The van der Waals surface area contributed by atoms with Crippen LogP contribution in [0.3, 0.4) is 0 Å². The van der Waals surface area contributed by atoms with Crippen molar-refractivity contribution in [1.82, 2.24) is 18.9 Å². The molecule has 5 rings (SSSR count). The maximum Gasteiger partial charge on any atom is 0.433 e. The SMILES string of the molecule is O=S(=O)(c1cccc(C#Cc2cnn3c(C(F)(F)F)cc(-c4ccc(C(F)(F)F)cc4)nc23)c1)N1CCOCC1. The van der Waals surface area contributed by atoms with Crippen molar-refractivity contribution >= 4 is 15.7 Å². The number of fused-ring (bicyclic) bond motifs is 1. The summed E-state index contributed by atoms with van der Waals surface area (Å²) >= 11 is 0. The van der Waals surface area contributed by atoms with Gasteiger partial charge in [0.25, 0.3) is 0 Å². The van der Waals surface area contributed by atoms with Crippen molar-refractivity contribution in [3.8, 4) is 23.1 Å². The first kappa shape index (κ1) is 27.6. The number of ether oxygens (including phenoxy) is 1. The molecule has 0 amide bonds. The maximum atomic E-state index is 13.9. The molecule has 40 heavy (non-hydrogen) atoms. The quantitative estimate of drug-likeness (QED) is 0.256. The Morgan fingerprint density at radius 2 is 1.57 bits per heavy atom. The van der Waals surface area contributed by atoms with Crippen LogP contribution in [-0.2, 0) is 27.1 Å². The lowest BCUT2D eigenvalue weighted by Crippen LogP contribution is -2.40. The third-order valence-corrected chi connectivity index (χ3v) is 7.95. The van der Waals surface area contributed by atoms with E-state index in [-0.39, 0.29) is 59.2 Å². The molecule has 14 heteroatoms. The molecule has 0 atom stereocenters. The van der Waals surface area contributed by atoms with Crippen LogP contribution in [0, 0.1) is 11.8 Å². The molecule has 1 fully saturated rings. The number of rotatable bonds is 3. The van der Waals surface area contributed by atoms with Crippen LogP contribution in [0.1, 0.15) is 22.4 Å². The number of benzene rings is 2. The summed E-state index contributed by atoms with van der Waals surface area (Å²) in [6.07, 6.45) is -8.39. The first-order chi connectivity index (χ1) is 18.8. The van der Waals surface area contributed by atoms with Crippen molar-refractivity contribution in [1.29, 1.82) is 0 Å². The van der Waals surface area contributed by atoms with Gasteiger partial charge in [0.05, 0.1) is 41.1 Å². The minimum absolute atomic E-state index is 0.000649. The zero-order chi connectivity index (χ0) is 28.7. The molecule has 0 aliphatic carbocycles. The van der Waals surface area contributed by atoms with Gasteiger partial charge in [-0.3, -0.25) is 0 Å². The number of halogens is 6. The molecular weight excluding hydrogens is 562 g/mol. The Morgan fingerprint density at radius 3 is 2.23 bits per heavy atom. The van der Waals surface area contributed by atoms with Crippen LogP contribution in [0.15, 0.2) is 65.7 Å². The molecule has 0 spiro atoms. The van der Waals surface area contributed by atoms with E-state index in [0.717, 1.165) is 30.5 Å². The topological polar surface area (TPSA) is 76.8 Å². The van der Waals surface area contributed by atoms with E-state index in [1.807, 2.05) is 0 Å².